The van der Waals surface area contributed by atoms with Crippen molar-refractivity contribution in [3.63, 3.8) is 0 Å². The third-order valence-corrected chi connectivity index (χ3v) is 6.18. The minimum Gasteiger partial charge on any atom is -0.373 e. The van der Waals surface area contributed by atoms with Crippen LogP contribution in [0.5, 0.6) is 0 Å². The lowest BCUT2D eigenvalue weighted by Gasteiger charge is -2.36. The maximum Gasteiger partial charge on any atom is 0.194 e. The molecule has 2 saturated heterocycles. The first kappa shape index (κ1) is 20.7. The molecule has 0 radical (unpaired) electrons. The van der Waals surface area contributed by atoms with Crippen molar-refractivity contribution in [3.8, 4) is 5.82 Å². The minimum atomic E-state index is 0.210. The van der Waals surface area contributed by atoms with Crippen molar-refractivity contribution in [1.82, 2.24) is 29.7 Å². The smallest absolute Gasteiger partial charge is 0.194 e. The Morgan fingerprint density at radius 3 is 2.81 bits per heavy atom. The normalized spacial score (nSPS) is 21.5. The van der Waals surface area contributed by atoms with Crippen LogP contribution in [0.25, 0.3) is 5.82 Å². The summed E-state index contributed by atoms with van der Waals surface area (Å²) in [7, 11) is 1.84. The zero-order valence-corrected chi connectivity index (χ0v) is 18.3. The van der Waals surface area contributed by atoms with Crippen LogP contribution >= 0.6 is 0 Å². The largest absolute Gasteiger partial charge is 0.373 e. The van der Waals surface area contributed by atoms with Gasteiger partial charge >= 0.3 is 0 Å². The number of guanidine groups is 1. The quantitative estimate of drug-likeness (QED) is 0.492. The number of aromatic nitrogens is 3. The number of rotatable bonds is 5. The minimum absolute atomic E-state index is 0.210. The van der Waals surface area contributed by atoms with Crippen molar-refractivity contribution < 1.29 is 4.74 Å². The number of imidazole rings is 1. The molecule has 0 bridgehead atoms. The molecule has 32 heavy (non-hydrogen) atoms. The van der Waals surface area contributed by atoms with Gasteiger partial charge in [0.1, 0.15) is 12.1 Å². The first-order valence-corrected chi connectivity index (χ1v) is 11.1. The molecule has 0 aliphatic carbocycles. The maximum atomic E-state index is 6.12. The van der Waals surface area contributed by atoms with Gasteiger partial charge in [-0.25, -0.2) is 9.97 Å². The molecule has 0 saturated carbocycles. The van der Waals surface area contributed by atoms with E-state index in [1.807, 2.05) is 30.1 Å². The number of ether oxygens (including phenoxy) is 1. The molecule has 8 nitrogen and oxygen atoms in total. The second kappa shape index (κ2) is 9.50. The number of benzene rings is 1. The van der Waals surface area contributed by atoms with E-state index in [1.54, 1.807) is 12.5 Å². The third kappa shape index (κ3) is 4.51. The van der Waals surface area contributed by atoms with Crippen LogP contribution in [0.1, 0.15) is 11.1 Å². The van der Waals surface area contributed by atoms with Gasteiger partial charge in [-0.1, -0.05) is 36.4 Å². The molecule has 8 heteroatoms. The van der Waals surface area contributed by atoms with Crippen LogP contribution in [0.2, 0.25) is 0 Å². The summed E-state index contributed by atoms with van der Waals surface area (Å²) in [5, 5.41) is 3.50. The molecule has 1 N–H and O–H groups in total. The highest BCUT2D eigenvalue weighted by molar-refractivity contribution is 5.80. The summed E-state index contributed by atoms with van der Waals surface area (Å²) >= 11 is 0. The van der Waals surface area contributed by atoms with Crippen LogP contribution in [0.15, 0.2) is 72.4 Å². The van der Waals surface area contributed by atoms with Gasteiger partial charge in [-0.2, -0.15) is 0 Å². The Balaban J connectivity index is 1.19. The van der Waals surface area contributed by atoms with Crippen molar-refractivity contribution >= 4 is 5.96 Å². The number of morpholine rings is 1. The summed E-state index contributed by atoms with van der Waals surface area (Å²) in [4.78, 5) is 18.0. The van der Waals surface area contributed by atoms with Crippen LogP contribution in [0.3, 0.4) is 0 Å². The lowest BCUT2D eigenvalue weighted by atomic mass is 10.1. The molecule has 2 aliphatic heterocycles. The lowest BCUT2D eigenvalue weighted by molar-refractivity contribution is -0.0502. The van der Waals surface area contributed by atoms with Crippen molar-refractivity contribution in [2.24, 2.45) is 4.99 Å². The Kier molecular flexibility index (Phi) is 6.13. The SMILES string of the molecule is CN=C(NCc1ccc(-n2ccnc2)nc1)N1CC2OCCN(Cc3ccccc3)C2C1. The van der Waals surface area contributed by atoms with Crippen LogP contribution in [0.4, 0.5) is 0 Å². The van der Waals surface area contributed by atoms with Gasteiger partial charge in [0, 0.05) is 58.4 Å². The zero-order chi connectivity index (χ0) is 21.8. The topological polar surface area (TPSA) is 70.8 Å². The second-order valence-corrected chi connectivity index (χ2v) is 8.23. The van der Waals surface area contributed by atoms with Crippen molar-refractivity contribution in [2.45, 2.75) is 25.2 Å². The van der Waals surface area contributed by atoms with Gasteiger partial charge < -0.3 is 15.0 Å². The Morgan fingerprint density at radius 2 is 2.06 bits per heavy atom. The molecule has 2 aliphatic rings. The molecule has 4 heterocycles. The molecule has 2 aromatic heterocycles. The highest BCUT2D eigenvalue weighted by atomic mass is 16.5. The molecule has 1 aromatic carbocycles. The van der Waals surface area contributed by atoms with E-state index in [-0.39, 0.29) is 6.10 Å². The Morgan fingerprint density at radius 1 is 1.16 bits per heavy atom. The summed E-state index contributed by atoms with van der Waals surface area (Å²) in [5.41, 5.74) is 2.45. The van der Waals surface area contributed by atoms with Gasteiger partial charge in [0.25, 0.3) is 0 Å². The predicted octanol–water partition coefficient (Wildman–Crippen LogP) is 1.93. The zero-order valence-electron chi connectivity index (χ0n) is 18.3. The molecule has 2 fully saturated rings. The number of pyridine rings is 1. The van der Waals surface area contributed by atoms with Crippen LogP contribution in [0, 0.1) is 0 Å². The van der Waals surface area contributed by atoms with Crippen LogP contribution in [-0.4, -0.2) is 75.7 Å². The van der Waals surface area contributed by atoms with Gasteiger partial charge in [0.05, 0.1) is 18.8 Å². The lowest BCUT2D eigenvalue weighted by Crippen LogP contribution is -2.50. The summed E-state index contributed by atoms with van der Waals surface area (Å²) in [6, 6.07) is 15.1. The van der Waals surface area contributed by atoms with E-state index >= 15 is 0 Å². The van der Waals surface area contributed by atoms with Crippen LogP contribution in [-0.2, 0) is 17.8 Å². The number of nitrogens with one attached hydrogen (secondary N) is 1. The molecule has 0 amide bonds. The van der Waals surface area contributed by atoms with E-state index in [4.69, 9.17) is 4.74 Å². The third-order valence-electron chi connectivity index (χ3n) is 6.18. The number of fused-ring (bicyclic) bond motifs is 1. The van der Waals surface area contributed by atoms with Crippen molar-refractivity contribution in [3.05, 3.63) is 78.5 Å². The summed E-state index contributed by atoms with van der Waals surface area (Å²) in [6.07, 6.45) is 7.49. The summed E-state index contributed by atoms with van der Waals surface area (Å²) in [6.45, 7) is 5.14. The summed E-state index contributed by atoms with van der Waals surface area (Å²) in [5.74, 6) is 1.76. The molecule has 166 valence electrons. The Hall–Kier alpha value is -3.23. The fraction of sp³-hybridized carbons (Fsp3) is 0.375. The number of nitrogens with zero attached hydrogens (tertiary/aromatic N) is 6. The van der Waals surface area contributed by atoms with E-state index in [1.165, 1.54) is 5.56 Å². The van der Waals surface area contributed by atoms with E-state index in [0.717, 1.165) is 50.1 Å². The fourth-order valence-corrected chi connectivity index (χ4v) is 4.53. The standard InChI is InChI=1S/C24H29N7O/c1-25-24(28-14-20-7-8-23(27-13-20)30-10-9-26-18-30)31-16-21-22(17-31)32-12-11-29(21)15-19-5-3-2-4-6-19/h2-10,13,18,21-22H,11-12,14-17H2,1H3,(H,25,28). The molecule has 2 atom stereocenters. The maximum absolute atomic E-state index is 6.12. The molecule has 0 spiro atoms. The average Bonchev–Trinajstić information content (AvgIpc) is 3.52. The highest BCUT2D eigenvalue weighted by Gasteiger charge is 2.41. The summed E-state index contributed by atoms with van der Waals surface area (Å²) < 4.78 is 8.01. The van der Waals surface area contributed by atoms with E-state index in [9.17, 15) is 0 Å². The van der Waals surface area contributed by atoms with E-state index < -0.39 is 0 Å². The van der Waals surface area contributed by atoms with Gasteiger partial charge in [-0.15, -0.1) is 0 Å². The van der Waals surface area contributed by atoms with E-state index in [2.05, 4.69) is 66.5 Å². The second-order valence-electron chi connectivity index (χ2n) is 8.23. The molecular weight excluding hydrogens is 402 g/mol. The van der Waals surface area contributed by atoms with Crippen molar-refractivity contribution in [2.75, 3.05) is 33.3 Å². The first-order valence-electron chi connectivity index (χ1n) is 11.1. The molecule has 2 unspecified atom stereocenters. The van der Waals surface area contributed by atoms with Gasteiger partial charge in [0.2, 0.25) is 0 Å². The number of aliphatic imine (C=N–C) groups is 1. The van der Waals surface area contributed by atoms with Gasteiger partial charge in [-0.05, 0) is 17.2 Å². The van der Waals surface area contributed by atoms with Crippen LogP contribution < -0.4 is 5.32 Å². The molecule has 3 aromatic rings. The van der Waals surface area contributed by atoms with Crippen molar-refractivity contribution in [1.29, 1.82) is 0 Å². The van der Waals surface area contributed by atoms with Gasteiger partial charge in [0.15, 0.2) is 5.96 Å². The fourth-order valence-electron chi connectivity index (χ4n) is 4.53. The Labute approximate surface area is 188 Å². The molecular formula is C24H29N7O. The average molecular weight is 432 g/mol. The highest BCUT2D eigenvalue weighted by Crippen LogP contribution is 2.24. The monoisotopic (exact) mass is 431 g/mol. The number of hydrogen-bond acceptors (Lipinski definition) is 5. The number of likely N-dealkylation sites (tertiary alicyclic amines) is 1. The number of hydrogen-bond donors (Lipinski definition) is 1. The van der Waals surface area contributed by atoms with E-state index in [0.29, 0.717) is 12.6 Å². The first-order chi connectivity index (χ1) is 15.8. The van der Waals surface area contributed by atoms with Gasteiger partial charge in [-0.3, -0.25) is 14.5 Å². The predicted molar refractivity (Wildman–Crippen MR) is 124 cm³/mol. The molecule has 5 rings (SSSR count). The Bertz CT molecular complexity index is 1020.